The van der Waals surface area contributed by atoms with E-state index in [9.17, 15) is 0 Å². The summed E-state index contributed by atoms with van der Waals surface area (Å²) in [6.07, 6.45) is 0. The Morgan fingerprint density at radius 1 is 0.444 bits per heavy atom. The van der Waals surface area contributed by atoms with E-state index in [1.54, 1.807) is 24.3 Å². The van der Waals surface area contributed by atoms with E-state index in [0.717, 1.165) is 0 Å². The van der Waals surface area contributed by atoms with Crippen LogP contribution in [0.1, 0.15) is 0 Å². The lowest BCUT2D eigenvalue weighted by atomic mass is 10.1. The number of benzene rings is 2. The summed E-state index contributed by atoms with van der Waals surface area (Å²) in [5, 5.41) is 2.37. The predicted molar refractivity (Wildman–Crippen MR) is 81.9 cm³/mol. The summed E-state index contributed by atoms with van der Waals surface area (Å²) in [6.45, 7) is 0. The molecule has 0 fully saturated rings. The highest BCUT2D eigenvalue weighted by Gasteiger charge is 2.17. The monoisotopic (exact) mass is 358 g/mol. The molecule has 2 rings (SSSR count). The first-order chi connectivity index (χ1) is 8.40. The molecule has 0 saturated heterocycles. The van der Waals surface area contributed by atoms with Crippen molar-refractivity contribution in [3.63, 3.8) is 0 Å². The predicted octanol–water partition coefficient (Wildman–Crippen LogP) is 7.27. The van der Waals surface area contributed by atoms with Crippen molar-refractivity contribution in [2.24, 2.45) is 0 Å². The molecule has 0 aliphatic heterocycles. The van der Waals surface area contributed by atoms with Gasteiger partial charge in [0, 0.05) is 21.2 Å². The molecular weight excluding hydrogens is 357 g/mol. The Balaban J connectivity index is 2.78. The largest absolute Gasteiger partial charge is 0.0842 e. The summed E-state index contributed by atoms with van der Waals surface area (Å²) in [5.74, 6) is 0. The molecule has 0 amide bonds. The van der Waals surface area contributed by atoms with Crippen LogP contribution in [0.3, 0.4) is 0 Å². The Morgan fingerprint density at radius 3 is 0.889 bits per heavy atom. The van der Waals surface area contributed by atoms with Crippen molar-refractivity contribution in [3.8, 4) is 11.1 Å². The van der Waals surface area contributed by atoms with Crippen LogP contribution >= 0.6 is 69.6 Å². The van der Waals surface area contributed by atoms with Gasteiger partial charge in [0.15, 0.2) is 0 Å². The highest BCUT2D eigenvalue weighted by Crippen LogP contribution is 2.44. The van der Waals surface area contributed by atoms with E-state index in [4.69, 9.17) is 69.6 Å². The molecule has 0 saturated carbocycles. The van der Waals surface area contributed by atoms with Crippen LogP contribution in [0.2, 0.25) is 30.1 Å². The average molecular weight is 361 g/mol. The first kappa shape index (κ1) is 14.6. The Labute approximate surface area is 134 Å². The maximum absolute atomic E-state index is 6.13. The van der Waals surface area contributed by atoms with E-state index in [0.29, 0.717) is 41.3 Å². The zero-order valence-corrected chi connectivity index (χ0v) is 13.1. The van der Waals surface area contributed by atoms with Crippen LogP contribution in [0.5, 0.6) is 0 Å². The molecule has 0 aliphatic rings. The first-order valence-corrected chi connectivity index (χ1v) is 6.96. The van der Waals surface area contributed by atoms with Crippen molar-refractivity contribution in [3.05, 3.63) is 54.4 Å². The minimum atomic E-state index is 0.374. The van der Waals surface area contributed by atoms with Gasteiger partial charge in [-0.15, -0.1) is 0 Å². The lowest BCUT2D eigenvalue weighted by Crippen LogP contribution is -1.86. The lowest BCUT2D eigenvalue weighted by Gasteiger charge is -2.12. The van der Waals surface area contributed by atoms with Crippen LogP contribution in [-0.2, 0) is 0 Å². The smallest absolute Gasteiger partial charge is 0.0515 e. The molecule has 0 aromatic heterocycles. The Morgan fingerprint density at radius 2 is 0.667 bits per heavy atom. The molecular formula is C12H4Cl6. The summed E-state index contributed by atoms with van der Waals surface area (Å²) in [6, 6.07) is 6.30. The van der Waals surface area contributed by atoms with Gasteiger partial charge in [0.05, 0.1) is 20.1 Å². The molecule has 94 valence electrons. The van der Waals surface area contributed by atoms with Gasteiger partial charge in [0.2, 0.25) is 0 Å². The Bertz CT molecular complexity index is 518. The molecule has 0 atom stereocenters. The highest BCUT2D eigenvalue weighted by atomic mass is 35.5. The standard InChI is InChI=1S/C12H4Cl6/c13-5-1-7(15)11(8(16)2-5)12-9(17)3-6(14)4-10(12)18/h1-4H. The third-order valence-electron chi connectivity index (χ3n) is 2.26. The minimum Gasteiger partial charge on any atom is -0.0842 e. The normalized spacial score (nSPS) is 10.8. The van der Waals surface area contributed by atoms with Gasteiger partial charge in [0.25, 0.3) is 0 Å². The van der Waals surface area contributed by atoms with Crippen LogP contribution in [-0.4, -0.2) is 0 Å². The fraction of sp³-hybridized carbons (Fsp3) is 0. The van der Waals surface area contributed by atoms with E-state index in [2.05, 4.69) is 0 Å². The summed E-state index contributed by atoms with van der Waals surface area (Å²) >= 11 is 36.3. The minimum absolute atomic E-state index is 0.374. The second kappa shape index (κ2) is 5.66. The molecule has 2 aromatic rings. The topological polar surface area (TPSA) is 0 Å². The van der Waals surface area contributed by atoms with Crippen LogP contribution in [0.15, 0.2) is 24.3 Å². The van der Waals surface area contributed by atoms with Crippen molar-refractivity contribution in [2.45, 2.75) is 0 Å². The van der Waals surface area contributed by atoms with Crippen LogP contribution in [0.4, 0.5) is 0 Å². The van der Waals surface area contributed by atoms with E-state index >= 15 is 0 Å². The van der Waals surface area contributed by atoms with Gasteiger partial charge in [-0.1, -0.05) is 69.6 Å². The summed E-state index contributed by atoms with van der Waals surface area (Å²) in [4.78, 5) is 0. The number of rotatable bonds is 1. The fourth-order valence-electron chi connectivity index (χ4n) is 1.56. The van der Waals surface area contributed by atoms with Gasteiger partial charge in [-0.25, -0.2) is 0 Å². The van der Waals surface area contributed by atoms with Crippen LogP contribution in [0, 0.1) is 0 Å². The van der Waals surface area contributed by atoms with Crippen molar-refractivity contribution in [1.82, 2.24) is 0 Å². The number of hydrogen-bond donors (Lipinski definition) is 0. The Kier molecular flexibility index (Phi) is 4.59. The molecule has 0 aliphatic carbocycles. The van der Waals surface area contributed by atoms with E-state index in [-0.39, 0.29) is 0 Å². The second-order valence-electron chi connectivity index (χ2n) is 3.49. The molecule has 6 heteroatoms. The third-order valence-corrected chi connectivity index (χ3v) is 3.89. The number of hydrogen-bond acceptors (Lipinski definition) is 0. The van der Waals surface area contributed by atoms with Crippen molar-refractivity contribution < 1.29 is 0 Å². The van der Waals surface area contributed by atoms with Gasteiger partial charge in [-0.05, 0) is 24.3 Å². The van der Waals surface area contributed by atoms with Crippen LogP contribution < -0.4 is 0 Å². The van der Waals surface area contributed by atoms with E-state index in [1.165, 1.54) is 0 Å². The molecule has 0 N–H and O–H groups in total. The molecule has 18 heavy (non-hydrogen) atoms. The van der Waals surface area contributed by atoms with Gasteiger partial charge < -0.3 is 0 Å². The lowest BCUT2D eigenvalue weighted by molar-refractivity contribution is 1.61. The highest BCUT2D eigenvalue weighted by molar-refractivity contribution is 6.46. The fourth-order valence-corrected chi connectivity index (χ4v) is 3.57. The zero-order chi connectivity index (χ0) is 13.4. The summed E-state index contributed by atoms with van der Waals surface area (Å²) in [5.41, 5.74) is 1.07. The Hall–Kier alpha value is 0.180. The first-order valence-electron chi connectivity index (χ1n) is 4.69. The molecule has 0 heterocycles. The zero-order valence-electron chi connectivity index (χ0n) is 8.58. The van der Waals surface area contributed by atoms with Gasteiger partial charge in [-0.3, -0.25) is 0 Å². The summed E-state index contributed by atoms with van der Waals surface area (Å²) in [7, 11) is 0. The van der Waals surface area contributed by atoms with E-state index < -0.39 is 0 Å². The van der Waals surface area contributed by atoms with Crippen molar-refractivity contribution >= 4 is 69.6 Å². The van der Waals surface area contributed by atoms with E-state index in [1.807, 2.05) is 0 Å². The third kappa shape index (κ3) is 2.85. The van der Waals surface area contributed by atoms with Crippen molar-refractivity contribution in [1.29, 1.82) is 0 Å². The molecule has 0 bridgehead atoms. The van der Waals surface area contributed by atoms with Gasteiger partial charge in [0.1, 0.15) is 0 Å². The molecule has 0 radical (unpaired) electrons. The molecule has 0 unspecified atom stereocenters. The number of halogens is 6. The molecule has 2 aromatic carbocycles. The van der Waals surface area contributed by atoms with Gasteiger partial charge in [-0.2, -0.15) is 0 Å². The summed E-state index contributed by atoms with van der Waals surface area (Å²) < 4.78 is 0. The quantitative estimate of drug-likeness (QED) is 0.501. The van der Waals surface area contributed by atoms with Gasteiger partial charge >= 0.3 is 0 Å². The SMILES string of the molecule is Clc1cc(Cl)c(-c2c(Cl)cc(Cl)cc2Cl)c(Cl)c1. The van der Waals surface area contributed by atoms with Crippen LogP contribution in [0.25, 0.3) is 11.1 Å². The maximum Gasteiger partial charge on any atom is 0.0515 e. The van der Waals surface area contributed by atoms with Crippen molar-refractivity contribution in [2.75, 3.05) is 0 Å². The average Bonchev–Trinajstić information content (AvgIpc) is 2.20. The molecule has 0 nitrogen and oxygen atoms in total. The maximum atomic E-state index is 6.13. The molecule has 0 spiro atoms. The second-order valence-corrected chi connectivity index (χ2v) is 5.99.